The summed E-state index contributed by atoms with van der Waals surface area (Å²) in [5.74, 6) is 2.29. The molecular formula is C20H19NO3. The van der Waals surface area contributed by atoms with Crippen molar-refractivity contribution in [3.8, 4) is 23.0 Å². The highest BCUT2D eigenvalue weighted by molar-refractivity contribution is 5.54. The molecule has 4 rings (SSSR count). The van der Waals surface area contributed by atoms with E-state index in [1.807, 2.05) is 30.3 Å². The number of rotatable bonds is 5. The molecule has 1 aliphatic rings. The second-order valence-electron chi connectivity index (χ2n) is 5.95. The van der Waals surface area contributed by atoms with E-state index in [9.17, 15) is 0 Å². The molecule has 1 aliphatic carbocycles. The van der Waals surface area contributed by atoms with E-state index in [0.717, 1.165) is 29.2 Å². The Labute approximate surface area is 141 Å². The molecule has 0 spiro atoms. The van der Waals surface area contributed by atoms with Crippen molar-refractivity contribution in [3.05, 3.63) is 65.5 Å². The Hall–Kier alpha value is -2.75. The molecule has 0 aliphatic heterocycles. The van der Waals surface area contributed by atoms with E-state index in [0.29, 0.717) is 12.5 Å². The molecule has 3 aromatic rings. The van der Waals surface area contributed by atoms with Gasteiger partial charge in [0.05, 0.1) is 7.11 Å². The van der Waals surface area contributed by atoms with Crippen molar-refractivity contribution >= 4 is 0 Å². The van der Waals surface area contributed by atoms with Crippen LogP contribution in [0.25, 0.3) is 11.5 Å². The molecule has 0 fully saturated rings. The summed E-state index contributed by atoms with van der Waals surface area (Å²) in [4.78, 5) is 4.49. The van der Waals surface area contributed by atoms with E-state index in [2.05, 4.69) is 17.1 Å². The number of benzene rings is 2. The van der Waals surface area contributed by atoms with E-state index in [1.54, 1.807) is 13.4 Å². The van der Waals surface area contributed by atoms with Crippen molar-refractivity contribution < 1.29 is 13.9 Å². The van der Waals surface area contributed by atoms with Gasteiger partial charge in [-0.1, -0.05) is 6.07 Å². The average Bonchev–Trinajstić information content (AvgIpc) is 3.29. The van der Waals surface area contributed by atoms with Crippen LogP contribution in [0.4, 0.5) is 0 Å². The van der Waals surface area contributed by atoms with Crippen molar-refractivity contribution in [1.29, 1.82) is 0 Å². The highest BCUT2D eigenvalue weighted by Gasteiger charge is 2.12. The quantitative estimate of drug-likeness (QED) is 0.698. The van der Waals surface area contributed by atoms with Crippen molar-refractivity contribution in [2.24, 2.45) is 0 Å². The van der Waals surface area contributed by atoms with Crippen molar-refractivity contribution in [3.63, 3.8) is 0 Å². The fourth-order valence-corrected chi connectivity index (χ4v) is 3.03. The Morgan fingerprint density at radius 3 is 2.62 bits per heavy atom. The van der Waals surface area contributed by atoms with Gasteiger partial charge in [0.1, 0.15) is 30.1 Å². The van der Waals surface area contributed by atoms with Gasteiger partial charge in [-0.2, -0.15) is 0 Å². The molecule has 24 heavy (non-hydrogen) atoms. The summed E-state index contributed by atoms with van der Waals surface area (Å²) in [5, 5.41) is 0. The molecular weight excluding hydrogens is 302 g/mol. The van der Waals surface area contributed by atoms with E-state index < -0.39 is 0 Å². The van der Waals surface area contributed by atoms with Gasteiger partial charge in [-0.3, -0.25) is 0 Å². The van der Waals surface area contributed by atoms with Crippen LogP contribution < -0.4 is 9.47 Å². The van der Waals surface area contributed by atoms with Crippen molar-refractivity contribution in [2.45, 2.75) is 25.9 Å². The molecule has 0 saturated heterocycles. The van der Waals surface area contributed by atoms with E-state index in [-0.39, 0.29) is 0 Å². The first-order chi connectivity index (χ1) is 11.8. The highest BCUT2D eigenvalue weighted by Crippen LogP contribution is 2.27. The zero-order valence-corrected chi connectivity index (χ0v) is 13.6. The first-order valence-electron chi connectivity index (χ1n) is 8.15. The summed E-state index contributed by atoms with van der Waals surface area (Å²) >= 11 is 0. The van der Waals surface area contributed by atoms with E-state index >= 15 is 0 Å². The molecule has 2 aromatic carbocycles. The SMILES string of the molecule is COc1ccc(-c2nc(COc3ccc4c(c3)CCC4)co2)cc1. The molecule has 0 amide bonds. The van der Waals surface area contributed by atoms with Gasteiger partial charge < -0.3 is 13.9 Å². The number of aryl methyl sites for hydroxylation is 2. The van der Waals surface area contributed by atoms with Gasteiger partial charge in [0.2, 0.25) is 5.89 Å². The fraction of sp³-hybridized carbons (Fsp3) is 0.250. The highest BCUT2D eigenvalue weighted by atomic mass is 16.5. The second-order valence-corrected chi connectivity index (χ2v) is 5.95. The number of nitrogens with zero attached hydrogens (tertiary/aromatic N) is 1. The van der Waals surface area contributed by atoms with Gasteiger partial charge in [-0.15, -0.1) is 0 Å². The summed E-state index contributed by atoms with van der Waals surface area (Å²) in [6, 6.07) is 14.0. The standard InChI is InChI=1S/C20H19NO3/c1-22-18-8-6-15(7-9-18)20-21-17(13-24-20)12-23-19-10-5-14-3-2-4-16(14)11-19/h5-11,13H,2-4,12H2,1H3. The first-order valence-corrected chi connectivity index (χ1v) is 8.15. The minimum Gasteiger partial charge on any atom is -0.497 e. The van der Waals surface area contributed by atoms with Crippen LogP contribution in [0, 0.1) is 0 Å². The predicted octanol–water partition coefficient (Wildman–Crippen LogP) is 4.42. The monoisotopic (exact) mass is 321 g/mol. The molecule has 0 radical (unpaired) electrons. The molecule has 122 valence electrons. The number of hydrogen-bond donors (Lipinski definition) is 0. The van der Waals surface area contributed by atoms with E-state index in [1.165, 1.54) is 24.0 Å². The predicted molar refractivity (Wildman–Crippen MR) is 91.3 cm³/mol. The van der Waals surface area contributed by atoms with Gasteiger partial charge in [-0.25, -0.2) is 4.98 Å². The third kappa shape index (κ3) is 3.00. The second kappa shape index (κ2) is 6.40. The lowest BCUT2D eigenvalue weighted by molar-refractivity contribution is 0.300. The number of fused-ring (bicyclic) bond motifs is 1. The van der Waals surface area contributed by atoms with Crippen molar-refractivity contribution in [1.82, 2.24) is 4.98 Å². The number of ether oxygens (including phenoxy) is 2. The number of oxazole rings is 1. The first kappa shape index (κ1) is 14.8. The van der Waals surface area contributed by atoms with Gasteiger partial charge in [0, 0.05) is 5.56 Å². The van der Waals surface area contributed by atoms with Crippen LogP contribution in [0.15, 0.2) is 53.1 Å². The molecule has 0 atom stereocenters. The lowest BCUT2D eigenvalue weighted by atomic mass is 10.1. The molecule has 1 aromatic heterocycles. The third-order valence-electron chi connectivity index (χ3n) is 4.35. The van der Waals surface area contributed by atoms with Crippen LogP contribution in [-0.4, -0.2) is 12.1 Å². The molecule has 0 N–H and O–H groups in total. The minimum absolute atomic E-state index is 0.401. The topological polar surface area (TPSA) is 44.5 Å². The maximum atomic E-state index is 5.86. The summed E-state index contributed by atoms with van der Waals surface area (Å²) in [6.45, 7) is 0.401. The Balaban J connectivity index is 1.43. The molecule has 1 heterocycles. The molecule has 0 saturated carbocycles. The van der Waals surface area contributed by atoms with Crippen LogP contribution >= 0.6 is 0 Å². The normalized spacial score (nSPS) is 12.9. The Kier molecular flexibility index (Phi) is 3.95. The molecule has 4 heteroatoms. The fourth-order valence-electron chi connectivity index (χ4n) is 3.03. The van der Waals surface area contributed by atoms with Crippen LogP contribution in [0.5, 0.6) is 11.5 Å². The maximum Gasteiger partial charge on any atom is 0.226 e. The molecule has 4 nitrogen and oxygen atoms in total. The zero-order valence-electron chi connectivity index (χ0n) is 13.6. The number of methoxy groups -OCH3 is 1. The molecule has 0 unspecified atom stereocenters. The largest absolute Gasteiger partial charge is 0.497 e. The summed E-state index contributed by atoms with van der Waals surface area (Å²) < 4.78 is 16.6. The Bertz CT molecular complexity index is 836. The molecule has 0 bridgehead atoms. The maximum absolute atomic E-state index is 5.86. The van der Waals surface area contributed by atoms with Crippen LogP contribution in [-0.2, 0) is 19.4 Å². The Morgan fingerprint density at radius 1 is 1.00 bits per heavy atom. The van der Waals surface area contributed by atoms with Crippen LogP contribution in [0.3, 0.4) is 0 Å². The van der Waals surface area contributed by atoms with Gasteiger partial charge >= 0.3 is 0 Å². The van der Waals surface area contributed by atoms with Gasteiger partial charge in [-0.05, 0) is 66.8 Å². The number of aromatic nitrogens is 1. The summed E-state index contributed by atoms with van der Waals surface area (Å²) in [7, 11) is 1.65. The van der Waals surface area contributed by atoms with Crippen LogP contribution in [0.2, 0.25) is 0 Å². The van der Waals surface area contributed by atoms with Crippen molar-refractivity contribution in [2.75, 3.05) is 7.11 Å². The Morgan fingerprint density at radius 2 is 1.79 bits per heavy atom. The lowest BCUT2D eigenvalue weighted by Gasteiger charge is -2.06. The van der Waals surface area contributed by atoms with Crippen LogP contribution in [0.1, 0.15) is 23.2 Å². The smallest absolute Gasteiger partial charge is 0.226 e. The van der Waals surface area contributed by atoms with Gasteiger partial charge in [0.15, 0.2) is 0 Å². The zero-order chi connectivity index (χ0) is 16.4. The van der Waals surface area contributed by atoms with E-state index in [4.69, 9.17) is 13.9 Å². The minimum atomic E-state index is 0.401. The summed E-state index contributed by atoms with van der Waals surface area (Å²) in [5.41, 5.74) is 4.55. The number of hydrogen-bond acceptors (Lipinski definition) is 4. The lowest BCUT2D eigenvalue weighted by Crippen LogP contribution is -1.96. The summed E-state index contributed by atoms with van der Waals surface area (Å²) in [6.07, 6.45) is 5.22. The third-order valence-corrected chi connectivity index (χ3v) is 4.35. The average molecular weight is 321 g/mol. The van der Waals surface area contributed by atoms with Gasteiger partial charge in [0.25, 0.3) is 0 Å².